The van der Waals surface area contributed by atoms with Gasteiger partial charge in [0.25, 0.3) is 0 Å². The van der Waals surface area contributed by atoms with Gasteiger partial charge in [0.15, 0.2) is 6.10 Å². The molecular formula is C81H152O5. The minimum Gasteiger partial charge on any atom is -0.462 e. The van der Waals surface area contributed by atoms with Crippen molar-refractivity contribution in [3.63, 3.8) is 0 Å². The molecule has 86 heavy (non-hydrogen) atoms. The number of rotatable bonds is 74. The van der Waals surface area contributed by atoms with Gasteiger partial charge in [-0.2, -0.15) is 0 Å². The molecule has 0 aromatic heterocycles. The molecule has 0 aromatic rings. The van der Waals surface area contributed by atoms with Gasteiger partial charge in [-0.05, 0) is 77.0 Å². The van der Waals surface area contributed by atoms with Crippen molar-refractivity contribution in [3.05, 3.63) is 48.6 Å². The van der Waals surface area contributed by atoms with Crippen LogP contribution >= 0.6 is 0 Å². The Bertz CT molecular complexity index is 1410. The molecular weight excluding hydrogens is 1050 g/mol. The van der Waals surface area contributed by atoms with Gasteiger partial charge >= 0.3 is 11.9 Å². The lowest BCUT2D eigenvalue weighted by Gasteiger charge is -2.15. The Balaban J connectivity index is 3.37. The van der Waals surface area contributed by atoms with Crippen LogP contribution in [-0.2, 0) is 19.1 Å². The molecule has 0 spiro atoms. The highest BCUT2D eigenvalue weighted by Gasteiger charge is 2.16. The average molecular weight is 1210 g/mol. The molecule has 0 aliphatic rings. The summed E-state index contributed by atoms with van der Waals surface area (Å²) in [5.41, 5.74) is 0. The first-order chi connectivity index (χ1) is 42.6. The number of aliphatic hydroxyl groups excluding tert-OH is 1. The fourth-order valence-corrected chi connectivity index (χ4v) is 12.2. The zero-order chi connectivity index (χ0) is 61.9. The van der Waals surface area contributed by atoms with E-state index in [1.54, 1.807) is 0 Å². The van der Waals surface area contributed by atoms with E-state index in [-0.39, 0.29) is 25.2 Å². The number of aliphatic hydroxyl groups is 1. The van der Waals surface area contributed by atoms with E-state index in [4.69, 9.17) is 9.47 Å². The van der Waals surface area contributed by atoms with Gasteiger partial charge in [-0.15, -0.1) is 0 Å². The molecule has 0 amide bonds. The van der Waals surface area contributed by atoms with Gasteiger partial charge in [0.05, 0.1) is 6.61 Å². The van der Waals surface area contributed by atoms with Crippen molar-refractivity contribution in [1.82, 2.24) is 0 Å². The number of carbonyl (C=O) groups excluding carboxylic acids is 2. The highest BCUT2D eigenvalue weighted by Crippen LogP contribution is 2.20. The Labute approximate surface area is 539 Å². The number of carbonyl (C=O) groups is 2. The molecule has 0 aliphatic carbocycles. The van der Waals surface area contributed by atoms with Crippen LogP contribution in [0.3, 0.4) is 0 Å². The first-order valence-electron chi connectivity index (χ1n) is 39.2. The second kappa shape index (κ2) is 77.1. The summed E-state index contributed by atoms with van der Waals surface area (Å²) in [6, 6.07) is 0. The maximum Gasteiger partial charge on any atom is 0.306 e. The number of allylic oxidation sites excluding steroid dienone is 8. The summed E-state index contributed by atoms with van der Waals surface area (Å²) < 4.78 is 10.8. The van der Waals surface area contributed by atoms with Crippen molar-refractivity contribution in [2.75, 3.05) is 13.2 Å². The molecule has 0 rings (SSSR count). The van der Waals surface area contributed by atoms with Gasteiger partial charge in [0.2, 0.25) is 0 Å². The molecule has 5 heteroatoms. The van der Waals surface area contributed by atoms with E-state index in [1.807, 2.05) is 0 Å². The van der Waals surface area contributed by atoms with Crippen LogP contribution in [0.2, 0.25) is 0 Å². The summed E-state index contributed by atoms with van der Waals surface area (Å²) >= 11 is 0. The normalized spacial score (nSPS) is 12.4. The SMILES string of the molecule is CCCCCCC/C=C\C/C=C\C/C=C\CCCCCCCCCCCCCCCCCCCCCCCCC(=O)OC(CO)COC(=O)CCCCCCCCCCCCCCCCCCCCCCCCC/C=C\CCCCCCCCCC. The highest BCUT2D eigenvalue weighted by molar-refractivity contribution is 5.70. The third-order valence-electron chi connectivity index (χ3n) is 18.1. The highest BCUT2D eigenvalue weighted by atomic mass is 16.6. The van der Waals surface area contributed by atoms with Gasteiger partial charge in [-0.3, -0.25) is 9.59 Å². The molecule has 0 fully saturated rings. The van der Waals surface area contributed by atoms with Crippen LogP contribution in [0.4, 0.5) is 0 Å². The van der Waals surface area contributed by atoms with Crippen LogP contribution in [0.25, 0.3) is 0 Å². The lowest BCUT2D eigenvalue weighted by atomic mass is 10.0. The zero-order valence-corrected chi connectivity index (χ0v) is 58.4. The Morgan fingerprint density at radius 3 is 0.709 bits per heavy atom. The van der Waals surface area contributed by atoms with Gasteiger partial charge in [-0.25, -0.2) is 0 Å². The first-order valence-corrected chi connectivity index (χ1v) is 39.2. The van der Waals surface area contributed by atoms with E-state index >= 15 is 0 Å². The number of ether oxygens (including phenoxy) is 2. The Hall–Kier alpha value is -2.14. The molecule has 0 aliphatic heterocycles. The molecule has 506 valence electrons. The predicted molar refractivity (Wildman–Crippen MR) is 381 cm³/mol. The third kappa shape index (κ3) is 74.3. The van der Waals surface area contributed by atoms with Crippen LogP contribution in [0.5, 0.6) is 0 Å². The van der Waals surface area contributed by atoms with Crippen molar-refractivity contribution in [3.8, 4) is 0 Å². The number of esters is 2. The van der Waals surface area contributed by atoms with Gasteiger partial charge in [0.1, 0.15) is 6.61 Å². The minimum atomic E-state index is -0.771. The molecule has 1 atom stereocenters. The quantitative estimate of drug-likeness (QED) is 0.0373. The maximum atomic E-state index is 12.4. The van der Waals surface area contributed by atoms with Crippen molar-refractivity contribution in [2.24, 2.45) is 0 Å². The van der Waals surface area contributed by atoms with Crippen LogP contribution < -0.4 is 0 Å². The average Bonchev–Trinajstić information content (AvgIpc) is 3.53. The summed E-state index contributed by atoms with van der Waals surface area (Å²) in [7, 11) is 0. The fourth-order valence-electron chi connectivity index (χ4n) is 12.2. The monoisotopic (exact) mass is 1210 g/mol. The van der Waals surface area contributed by atoms with Crippen LogP contribution in [0.15, 0.2) is 48.6 Å². The smallest absolute Gasteiger partial charge is 0.306 e. The Morgan fingerprint density at radius 2 is 0.465 bits per heavy atom. The molecule has 0 heterocycles. The first kappa shape index (κ1) is 83.9. The van der Waals surface area contributed by atoms with Crippen molar-refractivity contribution in [2.45, 2.75) is 444 Å². The van der Waals surface area contributed by atoms with Gasteiger partial charge < -0.3 is 14.6 Å². The molecule has 0 aromatic carbocycles. The summed E-state index contributed by atoms with van der Waals surface area (Å²) in [4.78, 5) is 24.7. The summed E-state index contributed by atoms with van der Waals surface area (Å²) in [5, 5.41) is 9.72. The van der Waals surface area contributed by atoms with Gasteiger partial charge in [0, 0.05) is 12.8 Å². The van der Waals surface area contributed by atoms with Crippen LogP contribution in [-0.4, -0.2) is 36.4 Å². The van der Waals surface area contributed by atoms with E-state index in [0.717, 1.165) is 44.9 Å². The number of unbranched alkanes of at least 4 members (excludes halogenated alkanes) is 58. The summed E-state index contributed by atoms with van der Waals surface area (Å²) in [5.74, 6) is -0.563. The molecule has 0 bridgehead atoms. The Morgan fingerprint density at radius 1 is 0.267 bits per heavy atom. The largest absolute Gasteiger partial charge is 0.462 e. The predicted octanol–water partition coefficient (Wildman–Crippen LogP) is 27.4. The van der Waals surface area contributed by atoms with E-state index < -0.39 is 6.10 Å². The van der Waals surface area contributed by atoms with E-state index in [1.165, 1.54) is 366 Å². The summed E-state index contributed by atoms with van der Waals surface area (Å²) in [6.45, 7) is 4.19. The Kier molecular flexibility index (Phi) is 75.2. The third-order valence-corrected chi connectivity index (χ3v) is 18.1. The van der Waals surface area contributed by atoms with Crippen molar-refractivity contribution < 1.29 is 24.2 Å². The lowest BCUT2D eigenvalue weighted by molar-refractivity contribution is -0.161. The second-order valence-electron chi connectivity index (χ2n) is 26.8. The molecule has 0 saturated heterocycles. The lowest BCUT2D eigenvalue weighted by Crippen LogP contribution is -2.28. The summed E-state index contributed by atoms with van der Waals surface area (Å²) in [6.07, 6.45) is 105. The molecule has 1 N–H and O–H groups in total. The topological polar surface area (TPSA) is 72.8 Å². The van der Waals surface area contributed by atoms with E-state index in [0.29, 0.717) is 12.8 Å². The maximum absolute atomic E-state index is 12.4. The van der Waals surface area contributed by atoms with E-state index in [2.05, 4.69) is 62.5 Å². The number of hydrogen-bond donors (Lipinski definition) is 1. The molecule has 0 saturated carbocycles. The van der Waals surface area contributed by atoms with Crippen molar-refractivity contribution >= 4 is 11.9 Å². The second-order valence-corrected chi connectivity index (χ2v) is 26.8. The van der Waals surface area contributed by atoms with E-state index in [9.17, 15) is 14.7 Å². The van der Waals surface area contributed by atoms with Crippen LogP contribution in [0, 0.1) is 0 Å². The van der Waals surface area contributed by atoms with Crippen LogP contribution in [0.1, 0.15) is 438 Å². The minimum absolute atomic E-state index is 0.0591. The molecule has 0 radical (unpaired) electrons. The number of hydrogen-bond acceptors (Lipinski definition) is 5. The molecule has 1 unspecified atom stereocenters. The zero-order valence-electron chi connectivity index (χ0n) is 58.4. The standard InChI is InChI=1S/C81H152O5/c1-3-5-7-9-11-13-15-17-19-21-23-25-27-29-31-33-35-37-39-40-42-44-46-48-50-52-54-56-58-60-62-64-66-68-70-72-74-76-81(84)86-79(77-82)78-85-80(83)75-73-71-69-67-65-63-61-59-57-55-53-51-49-47-45-43-41-38-36-34-32-30-28-26-24-22-20-18-16-14-12-10-8-6-4-2/h15,17,21-24,27,29,79,82H,3-14,16,18-20,25-26,28,30-78H2,1-2H3/b17-15-,23-21-,24-22-,29-27-. The fraction of sp³-hybridized carbons (Fsp3) is 0.877. The van der Waals surface area contributed by atoms with Gasteiger partial charge in [-0.1, -0.05) is 396 Å². The van der Waals surface area contributed by atoms with Crippen molar-refractivity contribution in [1.29, 1.82) is 0 Å². The molecule has 5 nitrogen and oxygen atoms in total.